The topological polar surface area (TPSA) is 40.5 Å². The van der Waals surface area contributed by atoms with E-state index in [-0.39, 0.29) is 5.91 Å². The average molecular weight is 425 g/mol. The van der Waals surface area contributed by atoms with E-state index in [1.54, 1.807) is 0 Å². The molecule has 0 aliphatic carbocycles. The lowest BCUT2D eigenvalue weighted by atomic mass is 9.91. The van der Waals surface area contributed by atoms with E-state index in [1.165, 1.54) is 54.4 Å². The van der Waals surface area contributed by atoms with Crippen LogP contribution in [0.2, 0.25) is 0 Å². The van der Waals surface area contributed by atoms with Crippen LogP contribution in [-0.2, 0) is 18.4 Å². The molecular formula is C26H40N4O. The first-order valence-electron chi connectivity index (χ1n) is 12.3. The van der Waals surface area contributed by atoms with Gasteiger partial charge in [0.1, 0.15) is 0 Å². The van der Waals surface area contributed by atoms with Gasteiger partial charge in [0, 0.05) is 49.2 Å². The Morgan fingerprint density at radius 1 is 1.13 bits per heavy atom. The van der Waals surface area contributed by atoms with E-state index in [0.717, 1.165) is 39.1 Å². The van der Waals surface area contributed by atoms with Crippen LogP contribution in [0.1, 0.15) is 56.7 Å². The van der Waals surface area contributed by atoms with Gasteiger partial charge in [0.05, 0.1) is 0 Å². The van der Waals surface area contributed by atoms with Crippen molar-refractivity contribution in [1.29, 1.82) is 0 Å². The van der Waals surface area contributed by atoms with Gasteiger partial charge in [0.2, 0.25) is 5.91 Å². The summed E-state index contributed by atoms with van der Waals surface area (Å²) in [4.78, 5) is 17.5. The summed E-state index contributed by atoms with van der Waals surface area (Å²) in [7, 11) is 2.17. The summed E-state index contributed by atoms with van der Waals surface area (Å²) in [5.74, 6) is 0.936. The third-order valence-corrected chi connectivity index (χ3v) is 7.84. The first-order chi connectivity index (χ1) is 15.1. The van der Waals surface area contributed by atoms with E-state index in [9.17, 15) is 4.79 Å². The van der Waals surface area contributed by atoms with Gasteiger partial charge in [-0.3, -0.25) is 14.6 Å². The molecule has 5 heteroatoms. The normalized spacial score (nSPS) is 21.2. The molecule has 1 unspecified atom stereocenters. The number of hydrogen-bond donors (Lipinski definition) is 1. The molecule has 170 valence electrons. The highest BCUT2D eigenvalue weighted by atomic mass is 16.1. The molecule has 31 heavy (non-hydrogen) atoms. The number of rotatable bonds is 8. The van der Waals surface area contributed by atoms with E-state index in [1.807, 2.05) is 0 Å². The molecule has 1 aromatic carbocycles. The van der Waals surface area contributed by atoms with Crippen LogP contribution in [-0.4, -0.2) is 59.0 Å². The Labute approximate surface area is 187 Å². The Morgan fingerprint density at radius 3 is 2.68 bits per heavy atom. The number of para-hydroxylation sites is 1. The SMILES string of the molecule is CCN1CCCC1CNC(=O)CCC1CCN(Cc2c(C)n(C)c3ccccc23)CC1. The fourth-order valence-corrected chi connectivity index (χ4v) is 5.65. The zero-order valence-corrected chi connectivity index (χ0v) is 19.7. The summed E-state index contributed by atoms with van der Waals surface area (Å²) < 4.78 is 2.32. The molecule has 1 N–H and O–H groups in total. The number of aryl methyl sites for hydroxylation is 1. The quantitative estimate of drug-likeness (QED) is 0.694. The largest absolute Gasteiger partial charge is 0.355 e. The van der Waals surface area contributed by atoms with Crippen molar-refractivity contribution < 1.29 is 4.79 Å². The van der Waals surface area contributed by atoms with Crippen LogP contribution < -0.4 is 5.32 Å². The lowest BCUT2D eigenvalue weighted by Crippen LogP contribution is -2.40. The Kier molecular flexibility index (Phi) is 7.34. The molecule has 5 nitrogen and oxygen atoms in total. The number of carbonyl (C=O) groups is 1. The van der Waals surface area contributed by atoms with Crippen molar-refractivity contribution in [2.45, 2.75) is 65.0 Å². The molecule has 2 fully saturated rings. The number of benzene rings is 1. The van der Waals surface area contributed by atoms with E-state index in [4.69, 9.17) is 0 Å². The van der Waals surface area contributed by atoms with Gasteiger partial charge in [-0.1, -0.05) is 25.1 Å². The number of nitrogens with one attached hydrogen (secondary N) is 1. The highest BCUT2D eigenvalue weighted by Gasteiger charge is 2.24. The molecule has 2 saturated heterocycles. The highest BCUT2D eigenvalue weighted by Crippen LogP contribution is 2.28. The number of likely N-dealkylation sites (N-methyl/N-ethyl adjacent to an activating group) is 1. The zero-order valence-electron chi connectivity index (χ0n) is 19.7. The Hall–Kier alpha value is -1.85. The van der Waals surface area contributed by atoms with Crippen LogP contribution in [0.5, 0.6) is 0 Å². The summed E-state index contributed by atoms with van der Waals surface area (Å²) in [5.41, 5.74) is 4.18. The maximum absolute atomic E-state index is 12.4. The second-order valence-electron chi connectivity index (χ2n) is 9.63. The maximum Gasteiger partial charge on any atom is 0.220 e. The molecule has 4 rings (SSSR count). The minimum absolute atomic E-state index is 0.247. The number of carbonyl (C=O) groups excluding carboxylic acids is 1. The molecule has 0 radical (unpaired) electrons. The highest BCUT2D eigenvalue weighted by molar-refractivity contribution is 5.85. The van der Waals surface area contributed by atoms with Crippen LogP contribution in [0.4, 0.5) is 0 Å². The van der Waals surface area contributed by atoms with Crippen molar-refractivity contribution in [3.63, 3.8) is 0 Å². The lowest BCUT2D eigenvalue weighted by Gasteiger charge is -2.32. The Bertz CT molecular complexity index is 881. The first-order valence-corrected chi connectivity index (χ1v) is 12.3. The molecule has 1 amide bonds. The maximum atomic E-state index is 12.4. The summed E-state index contributed by atoms with van der Waals surface area (Å²) in [5, 5.41) is 4.60. The fourth-order valence-electron chi connectivity index (χ4n) is 5.65. The smallest absolute Gasteiger partial charge is 0.220 e. The number of aromatic nitrogens is 1. The number of fused-ring (bicyclic) bond motifs is 1. The van der Waals surface area contributed by atoms with E-state index >= 15 is 0 Å². The van der Waals surface area contributed by atoms with Gasteiger partial charge in [0.15, 0.2) is 0 Å². The number of nitrogens with zero attached hydrogens (tertiary/aromatic N) is 3. The average Bonchev–Trinajstić information content (AvgIpc) is 3.35. The second kappa shape index (κ2) is 10.2. The van der Waals surface area contributed by atoms with Crippen molar-refractivity contribution in [3.8, 4) is 0 Å². The monoisotopic (exact) mass is 424 g/mol. The van der Waals surface area contributed by atoms with Gasteiger partial charge in [-0.2, -0.15) is 0 Å². The number of likely N-dealkylation sites (tertiary alicyclic amines) is 2. The molecular weight excluding hydrogens is 384 g/mol. The third kappa shape index (κ3) is 5.15. The predicted octanol–water partition coefficient (Wildman–Crippen LogP) is 4.08. The van der Waals surface area contributed by atoms with Gasteiger partial charge in [-0.15, -0.1) is 0 Å². The molecule has 3 heterocycles. The van der Waals surface area contributed by atoms with E-state index in [0.29, 0.717) is 18.4 Å². The van der Waals surface area contributed by atoms with Gasteiger partial charge in [-0.25, -0.2) is 0 Å². The van der Waals surface area contributed by atoms with Crippen molar-refractivity contribution in [3.05, 3.63) is 35.5 Å². The van der Waals surface area contributed by atoms with Crippen molar-refractivity contribution in [2.75, 3.05) is 32.7 Å². The zero-order chi connectivity index (χ0) is 21.8. The van der Waals surface area contributed by atoms with E-state index in [2.05, 4.69) is 64.8 Å². The van der Waals surface area contributed by atoms with Gasteiger partial charge < -0.3 is 9.88 Å². The van der Waals surface area contributed by atoms with Crippen molar-refractivity contribution in [1.82, 2.24) is 19.7 Å². The number of piperidine rings is 1. The molecule has 0 bridgehead atoms. The number of hydrogen-bond acceptors (Lipinski definition) is 3. The molecule has 2 aromatic rings. The molecule has 1 aromatic heterocycles. The van der Waals surface area contributed by atoms with Crippen molar-refractivity contribution in [2.24, 2.45) is 13.0 Å². The van der Waals surface area contributed by atoms with Crippen LogP contribution in [0.15, 0.2) is 24.3 Å². The van der Waals surface area contributed by atoms with Crippen LogP contribution in [0.3, 0.4) is 0 Å². The van der Waals surface area contributed by atoms with Gasteiger partial charge in [-0.05, 0) is 82.8 Å². The summed E-state index contributed by atoms with van der Waals surface area (Å²) >= 11 is 0. The third-order valence-electron chi connectivity index (χ3n) is 7.84. The fraction of sp³-hybridized carbons (Fsp3) is 0.654. The molecule has 2 aliphatic rings. The molecule has 0 spiro atoms. The minimum atomic E-state index is 0.247. The lowest BCUT2D eigenvalue weighted by molar-refractivity contribution is -0.121. The molecule has 1 atom stereocenters. The second-order valence-corrected chi connectivity index (χ2v) is 9.63. The number of amides is 1. The summed E-state index contributed by atoms with van der Waals surface area (Å²) in [6, 6.07) is 9.30. The van der Waals surface area contributed by atoms with Gasteiger partial charge >= 0.3 is 0 Å². The van der Waals surface area contributed by atoms with Crippen LogP contribution >= 0.6 is 0 Å². The Morgan fingerprint density at radius 2 is 1.90 bits per heavy atom. The standard InChI is InChI=1S/C26H40N4O/c1-4-30-15-7-8-22(30)18-27-26(31)12-11-21-13-16-29(17-14-21)19-24-20(2)28(3)25-10-6-5-9-23(24)25/h5-6,9-10,21-22H,4,7-8,11-19H2,1-3H3,(H,27,31). The van der Waals surface area contributed by atoms with Crippen LogP contribution in [0, 0.1) is 12.8 Å². The minimum Gasteiger partial charge on any atom is -0.355 e. The molecule has 0 saturated carbocycles. The van der Waals surface area contributed by atoms with E-state index < -0.39 is 0 Å². The van der Waals surface area contributed by atoms with Crippen molar-refractivity contribution >= 4 is 16.8 Å². The summed E-state index contributed by atoms with van der Waals surface area (Å²) in [6.07, 6.45) is 6.64. The Balaban J connectivity index is 1.20. The summed E-state index contributed by atoms with van der Waals surface area (Å²) in [6.45, 7) is 10.9. The predicted molar refractivity (Wildman–Crippen MR) is 128 cm³/mol. The van der Waals surface area contributed by atoms with Crippen LogP contribution in [0.25, 0.3) is 10.9 Å². The van der Waals surface area contributed by atoms with Gasteiger partial charge in [0.25, 0.3) is 0 Å². The molecule has 2 aliphatic heterocycles. The first kappa shape index (κ1) is 22.3.